The van der Waals surface area contributed by atoms with E-state index in [4.69, 9.17) is 4.74 Å². The molecule has 3 aromatic rings. The minimum atomic E-state index is -3.45. The maximum absolute atomic E-state index is 12.1. The summed E-state index contributed by atoms with van der Waals surface area (Å²) in [5.74, 6) is 0.451. The molecule has 0 spiro atoms. The molecule has 0 unspecified atom stereocenters. The van der Waals surface area contributed by atoms with Crippen LogP contribution in [0.4, 0.5) is 10.3 Å². The van der Waals surface area contributed by atoms with Crippen LogP contribution < -0.4 is 14.8 Å². The van der Waals surface area contributed by atoms with Crippen molar-refractivity contribution in [2.45, 2.75) is 5.16 Å². The van der Waals surface area contributed by atoms with Gasteiger partial charge >= 0.3 is 0 Å². The molecule has 1 amide bonds. The van der Waals surface area contributed by atoms with Crippen LogP contribution in [0.5, 0.6) is 5.75 Å². The SMILES string of the molecule is COc1ccc(-n2cnnc2SCC(=O)Nc2nnc(NS(C)(=O)=O)s2)cc1. The van der Waals surface area contributed by atoms with Crippen LogP contribution in [0.1, 0.15) is 0 Å². The quantitative estimate of drug-likeness (QED) is 0.494. The van der Waals surface area contributed by atoms with E-state index in [9.17, 15) is 13.2 Å². The lowest BCUT2D eigenvalue weighted by Crippen LogP contribution is -2.14. The van der Waals surface area contributed by atoms with E-state index in [-0.39, 0.29) is 21.9 Å². The molecule has 0 aliphatic heterocycles. The number of rotatable bonds is 8. The molecule has 0 saturated heterocycles. The smallest absolute Gasteiger partial charge is 0.236 e. The molecule has 0 saturated carbocycles. The predicted molar refractivity (Wildman–Crippen MR) is 106 cm³/mol. The maximum atomic E-state index is 12.1. The lowest BCUT2D eigenvalue weighted by molar-refractivity contribution is -0.113. The molecule has 0 fully saturated rings. The fourth-order valence-electron chi connectivity index (χ4n) is 2.00. The summed E-state index contributed by atoms with van der Waals surface area (Å²) in [6, 6.07) is 7.33. The molecule has 11 nitrogen and oxygen atoms in total. The van der Waals surface area contributed by atoms with Crippen LogP contribution in [0.25, 0.3) is 5.69 Å². The average molecular weight is 442 g/mol. The van der Waals surface area contributed by atoms with Gasteiger partial charge in [-0.3, -0.25) is 19.4 Å². The third-order valence-corrected chi connectivity index (χ3v) is 5.53. The zero-order valence-electron chi connectivity index (χ0n) is 14.7. The summed E-state index contributed by atoms with van der Waals surface area (Å²) in [5.41, 5.74) is 0.828. The summed E-state index contributed by atoms with van der Waals surface area (Å²) in [7, 11) is -1.86. The van der Waals surface area contributed by atoms with Crippen LogP contribution in [0.3, 0.4) is 0 Å². The number of benzene rings is 1. The molecule has 0 aliphatic rings. The number of carbonyl (C=O) groups excluding carboxylic acids is 1. The first-order valence-corrected chi connectivity index (χ1v) is 11.3. The zero-order chi connectivity index (χ0) is 20.1. The first kappa shape index (κ1) is 20.0. The van der Waals surface area contributed by atoms with Gasteiger partial charge in [0.25, 0.3) is 0 Å². The zero-order valence-corrected chi connectivity index (χ0v) is 17.1. The van der Waals surface area contributed by atoms with Crippen LogP contribution in [-0.4, -0.2) is 58.4 Å². The summed E-state index contributed by atoms with van der Waals surface area (Å²) < 4.78 is 31.4. The predicted octanol–water partition coefficient (Wildman–Crippen LogP) is 1.23. The number of carbonyl (C=O) groups is 1. The molecule has 0 atom stereocenters. The highest BCUT2D eigenvalue weighted by atomic mass is 32.2. The Labute approximate surface area is 168 Å². The number of thioether (sulfide) groups is 1. The molecule has 148 valence electrons. The van der Waals surface area contributed by atoms with E-state index >= 15 is 0 Å². The lowest BCUT2D eigenvalue weighted by atomic mass is 10.3. The molecule has 0 aliphatic carbocycles. The van der Waals surface area contributed by atoms with Gasteiger partial charge in [-0.25, -0.2) is 8.42 Å². The molecule has 2 aromatic heterocycles. The molecular weight excluding hydrogens is 426 g/mol. The second kappa shape index (κ2) is 8.53. The minimum absolute atomic E-state index is 0.0588. The second-order valence-electron chi connectivity index (χ2n) is 5.30. The Hall–Kier alpha value is -2.71. The highest BCUT2D eigenvalue weighted by Crippen LogP contribution is 2.23. The molecule has 3 rings (SSSR count). The second-order valence-corrected chi connectivity index (χ2v) is 8.97. The van der Waals surface area contributed by atoms with Gasteiger partial charge in [0.2, 0.25) is 26.2 Å². The third-order valence-electron chi connectivity index (χ3n) is 3.14. The fraction of sp³-hybridized carbons (Fsp3) is 0.214. The number of hydrogen-bond acceptors (Lipinski definition) is 10. The number of methoxy groups -OCH3 is 1. The van der Waals surface area contributed by atoms with Crippen molar-refractivity contribution in [2.24, 2.45) is 0 Å². The van der Waals surface area contributed by atoms with Gasteiger partial charge in [0.1, 0.15) is 12.1 Å². The minimum Gasteiger partial charge on any atom is -0.497 e. The fourth-order valence-corrected chi connectivity index (χ4v) is 4.22. The number of sulfonamides is 1. The topological polar surface area (TPSA) is 141 Å². The Kier molecular flexibility index (Phi) is 6.11. The maximum Gasteiger partial charge on any atom is 0.236 e. The highest BCUT2D eigenvalue weighted by molar-refractivity contribution is 7.99. The molecule has 1 aromatic carbocycles. The van der Waals surface area contributed by atoms with E-state index in [0.29, 0.717) is 5.16 Å². The molecule has 0 radical (unpaired) electrons. The van der Waals surface area contributed by atoms with E-state index in [1.165, 1.54) is 11.8 Å². The van der Waals surface area contributed by atoms with Crippen molar-refractivity contribution < 1.29 is 17.9 Å². The van der Waals surface area contributed by atoms with Crippen LogP contribution >= 0.6 is 23.1 Å². The third kappa shape index (κ3) is 5.40. The summed E-state index contributed by atoms with van der Waals surface area (Å²) >= 11 is 2.11. The molecule has 14 heteroatoms. The van der Waals surface area contributed by atoms with E-state index in [1.54, 1.807) is 18.0 Å². The normalized spacial score (nSPS) is 11.2. The van der Waals surface area contributed by atoms with E-state index in [2.05, 4.69) is 30.4 Å². The largest absolute Gasteiger partial charge is 0.497 e. The Morgan fingerprint density at radius 1 is 1.21 bits per heavy atom. The van der Waals surface area contributed by atoms with E-state index in [1.807, 2.05) is 24.3 Å². The van der Waals surface area contributed by atoms with Crippen molar-refractivity contribution in [1.29, 1.82) is 0 Å². The van der Waals surface area contributed by atoms with Gasteiger partial charge in [-0.05, 0) is 24.3 Å². The van der Waals surface area contributed by atoms with Crippen LogP contribution in [-0.2, 0) is 14.8 Å². The van der Waals surface area contributed by atoms with E-state index in [0.717, 1.165) is 29.0 Å². The van der Waals surface area contributed by atoms with Gasteiger partial charge in [0.15, 0.2) is 5.16 Å². The summed E-state index contributed by atoms with van der Waals surface area (Å²) in [6.45, 7) is 0. The first-order chi connectivity index (χ1) is 13.3. The summed E-state index contributed by atoms with van der Waals surface area (Å²) in [4.78, 5) is 12.1. The first-order valence-electron chi connectivity index (χ1n) is 7.62. The number of amides is 1. The Balaban J connectivity index is 1.59. The van der Waals surface area contributed by atoms with Crippen LogP contribution in [0, 0.1) is 0 Å². The molecule has 2 heterocycles. The monoisotopic (exact) mass is 441 g/mol. The van der Waals surface area contributed by atoms with Gasteiger partial charge in [-0.1, -0.05) is 23.1 Å². The van der Waals surface area contributed by atoms with Gasteiger partial charge in [0.05, 0.1) is 19.1 Å². The standard InChI is InChI=1S/C14H15N7O4S3/c1-25-10-5-3-9(4-6-10)21-8-15-19-14(21)26-7-11(22)16-12-17-18-13(27-12)20-28(2,23)24/h3-6,8H,7H2,1-2H3,(H,18,20)(H,16,17,22). The van der Waals surface area contributed by atoms with E-state index < -0.39 is 10.0 Å². The van der Waals surface area contributed by atoms with Crippen molar-refractivity contribution in [3.63, 3.8) is 0 Å². The van der Waals surface area contributed by atoms with Gasteiger partial charge in [-0.2, -0.15) is 0 Å². The number of ether oxygens (including phenoxy) is 1. The molecule has 28 heavy (non-hydrogen) atoms. The molecule has 0 bridgehead atoms. The summed E-state index contributed by atoms with van der Waals surface area (Å²) in [6.07, 6.45) is 2.55. The number of hydrogen-bond donors (Lipinski definition) is 2. The lowest BCUT2D eigenvalue weighted by Gasteiger charge is -2.07. The van der Waals surface area contributed by atoms with Crippen LogP contribution in [0.15, 0.2) is 35.7 Å². The Morgan fingerprint density at radius 3 is 2.61 bits per heavy atom. The van der Waals surface area contributed by atoms with Crippen molar-refractivity contribution >= 4 is 49.3 Å². The Morgan fingerprint density at radius 2 is 1.93 bits per heavy atom. The summed E-state index contributed by atoms with van der Waals surface area (Å²) in [5, 5.41) is 18.6. The Bertz CT molecular complexity index is 1060. The number of nitrogens with one attached hydrogen (secondary N) is 2. The molecule has 2 N–H and O–H groups in total. The number of aromatic nitrogens is 5. The van der Waals surface area contributed by atoms with Crippen molar-refractivity contribution in [3.8, 4) is 11.4 Å². The van der Waals surface area contributed by atoms with Crippen molar-refractivity contribution in [2.75, 3.05) is 29.2 Å². The molecular formula is C14H15N7O4S3. The van der Waals surface area contributed by atoms with Crippen molar-refractivity contribution in [1.82, 2.24) is 25.0 Å². The highest BCUT2D eigenvalue weighted by Gasteiger charge is 2.13. The van der Waals surface area contributed by atoms with Crippen LogP contribution in [0.2, 0.25) is 0 Å². The van der Waals surface area contributed by atoms with Gasteiger partial charge in [-0.15, -0.1) is 20.4 Å². The van der Waals surface area contributed by atoms with Crippen molar-refractivity contribution in [3.05, 3.63) is 30.6 Å². The number of nitrogens with zero attached hydrogens (tertiary/aromatic N) is 5. The van der Waals surface area contributed by atoms with Gasteiger partial charge < -0.3 is 4.74 Å². The van der Waals surface area contributed by atoms with Gasteiger partial charge in [0, 0.05) is 5.69 Å². The average Bonchev–Trinajstić information content (AvgIpc) is 3.28. The number of anilines is 2.